The van der Waals surface area contributed by atoms with E-state index >= 15 is 0 Å². The predicted octanol–water partition coefficient (Wildman–Crippen LogP) is 3.37. The first kappa shape index (κ1) is 20.2. The molecule has 1 aliphatic heterocycles. The minimum absolute atomic E-state index is 0.760. The highest BCUT2D eigenvalue weighted by Crippen LogP contribution is 2.32. The minimum atomic E-state index is 0.760. The van der Waals surface area contributed by atoms with Crippen LogP contribution in [0.1, 0.15) is 12.6 Å². The fourth-order valence-electron chi connectivity index (χ4n) is 3.99. The maximum Gasteiger partial charge on any atom is 0.228 e. The zero-order valence-electron chi connectivity index (χ0n) is 18.1. The molecule has 0 amide bonds. The Kier molecular flexibility index (Phi) is 5.86. The lowest BCUT2D eigenvalue weighted by molar-refractivity contribution is -0.646. The van der Waals surface area contributed by atoms with Crippen LogP contribution in [0.2, 0.25) is 0 Å². The molecule has 1 aromatic heterocycles. The zero-order chi connectivity index (χ0) is 21.1. The van der Waals surface area contributed by atoms with Gasteiger partial charge < -0.3 is 14.4 Å². The second-order valence-electron chi connectivity index (χ2n) is 7.50. The number of para-hydroxylation sites is 1. The lowest BCUT2D eigenvalue weighted by Gasteiger charge is -2.29. The summed E-state index contributed by atoms with van der Waals surface area (Å²) in [7, 11) is 5.74. The van der Waals surface area contributed by atoms with Gasteiger partial charge in [-0.1, -0.05) is 12.1 Å². The summed E-state index contributed by atoms with van der Waals surface area (Å²) in [6.45, 7) is 5.35. The molecule has 1 saturated heterocycles. The van der Waals surface area contributed by atoms with Gasteiger partial charge in [0.2, 0.25) is 11.2 Å². The Morgan fingerprint density at radius 2 is 1.87 bits per heavy atom. The quantitative estimate of drug-likeness (QED) is 0.371. The number of anilines is 2. The van der Waals surface area contributed by atoms with Gasteiger partial charge in [-0.3, -0.25) is 5.01 Å². The van der Waals surface area contributed by atoms with Crippen LogP contribution in [0.4, 0.5) is 11.4 Å². The van der Waals surface area contributed by atoms with Gasteiger partial charge in [0.15, 0.2) is 0 Å². The van der Waals surface area contributed by atoms with Crippen molar-refractivity contribution in [2.24, 2.45) is 12.1 Å². The average molecular weight is 406 g/mol. The van der Waals surface area contributed by atoms with E-state index < -0.39 is 0 Å². The molecule has 0 aliphatic carbocycles. The third-order valence-electron chi connectivity index (χ3n) is 5.64. The highest BCUT2D eigenvalue weighted by Gasteiger charge is 2.18. The van der Waals surface area contributed by atoms with Crippen LogP contribution < -0.4 is 19.2 Å². The molecule has 0 atom stereocenters. The van der Waals surface area contributed by atoms with Crippen LogP contribution in [-0.2, 0) is 11.8 Å². The summed E-state index contributed by atoms with van der Waals surface area (Å²) >= 11 is 0. The van der Waals surface area contributed by atoms with Crippen LogP contribution in [0.15, 0.2) is 59.7 Å². The summed E-state index contributed by atoms with van der Waals surface area (Å²) in [5.41, 5.74) is 5.26. The first-order chi connectivity index (χ1) is 14.6. The molecule has 2 heterocycles. The van der Waals surface area contributed by atoms with Crippen molar-refractivity contribution in [3.63, 3.8) is 0 Å². The third kappa shape index (κ3) is 3.96. The van der Waals surface area contributed by atoms with Crippen molar-refractivity contribution in [1.82, 2.24) is 0 Å². The molecule has 0 saturated carbocycles. The van der Waals surface area contributed by atoms with E-state index in [1.807, 2.05) is 19.0 Å². The van der Waals surface area contributed by atoms with E-state index in [-0.39, 0.29) is 0 Å². The summed E-state index contributed by atoms with van der Waals surface area (Å²) in [4.78, 5) is 2.32. The number of hydrogen-bond acceptors (Lipinski definition) is 5. The number of nitrogens with zero attached hydrogens (tertiary/aromatic N) is 4. The van der Waals surface area contributed by atoms with Crippen molar-refractivity contribution in [2.45, 2.75) is 6.92 Å². The SMILES string of the molecule is COc1cc(N2CCOCC2)ccc1N(C)/N=C(\C)c1ccc2ccccc2[n+]1C. The number of hydrogen-bond donors (Lipinski definition) is 0. The number of hydrazone groups is 1. The van der Waals surface area contributed by atoms with Gasteiger partial charge in [-0.05, 0) is 31.2 Å². The van der Waals surface area contributed by atoms with Gasteiger partial charge in [0.05, 0.1) is 20.3 Å². The van der Waals surface area contributed by atoms with E-state index in [2.05, 4.69) is 71.1 Å². The molecule has 0 bridgehead atoms. The number of aryl methyl sites for hydroxylation is 1. The largest absolute Gasteiger partial charge is 0.494 e. The Bertz CT molecular complexity index is 1070. The Morgan fingerprint density at radius 3 is 2.63 bits per heavy atom. The number of fused-ring (bicyclic) bond motifs is 1. The molecule has 1 aliphatic rings. The molecular weight excluding hydrogens is 376 g/mol. The number of methoxy groups -OCH3 is 1. The van der Waals surface area contributed by atoms with Crippen LogP contribution in [-0.4, -0.2) is 46.2 Å². The predicted molar refractivity (Wildman–Crippen MR) is 122 cm³/mol. The van der Waals surface area contributed by atoms with Crippen molar-refractivity contribution in [1.29, 1.82) is 0 Å². The molecule has 4 rings (SSSR count). The van der Waals surface area contributed by atoms with Crippen LogP contribution >= 0.6 is 0 Å². The zero-order valence-corrected chi connectivity index (χ0v) is 18.1. The fraction of sp³-hybridized carbons (Fsp3) is 0.333. The Labute approximate surface area is 177 Å². The van der Waals surface area contributed by atoms with E-state index in [0.717, 1.165) is 54.8 Å². The van der Waals surface area contributed by atoms with E-state index in [1.54, 1.807) is 7.11 Å². The smallest absolute Gasteiger partial charge is 0.228 e. The standard InChI is InChI=1S/C24H29N4O2/c1-18(21-11-9-19-7-5-6-8-22(19)26(21)2)25-27(3)23-12-10-20(17-24(23)29-4)28-13-15-30-16-14-28/h5-12,17H,13-16H2,1-4H3/q+1. The van der Waals surface area contributed by atoms with E-state index in [4.69, 9.17) is 14.6 Å². The highest BCUT2D eigenvalue weighted by atomic mass is 16.5. The van der Waals surface area contributed by atoms with Gasteiger partial charge in [-0.2, -0.15) is 9.67 Å². The molecule has 1 fully saturated rings. The monoisotopic (exact) mass is 405 g/mol. The van der Waals surface area contributed by atoms with Gasteiger partial charge >= 0.3 is 0 Å². The molecule has 6 heteroatoms. The topological polar surface area (TPSA) is 41.2 Å². The van der Waals surface area contributed by atoms with Crippen LogP contribution in [0, 0.1) is 0 Å². The average Bonchev–Trinajstić information content (AvgIpc) is 2.79. The first-order valence-corrected chi connectivity index (χ1v) is 10.3. The molecule has 30 heavy (non-hydrogen) atoms. The molecule has 2 aromatic carbocycles. The second-order valence-corrected chi connectivity index (χ2v) is 7.50. The summed E-state index contributed by atoms with van der Waals surface area (Å²) in [5.74, 6) is 0.806. The van der Waals surface area contributed by atoms with Crippen molar-refractivity contribution < 1.29 is 14.0 Å². The number of pyridine rings is 1. The molecule has 156 valence electrons. The van der Waals surface area contributed by atoms with E-state index in [1.165, 1.54) is 10.9 Å². The molecule has 6 nitrogen and oxygen atoms in total. The Morgan fingerprint density at radius 1 is 1.10 bits per heavy atom. The number of aromatic nitrogens is 1. The summed E-state index contributed by atoms with van der Waals surface area (Å²) in [6.07, 6.45) is 0. The van der Waals surface area contributed by atoms with Crippen LogP contribution in [0.5, 0.6) is 5.75 Å². The van der Waals surface area contributed by atoms with Crippen molar-refractivity contribution >= 4 is 28.0 Å². The maximum absolute atomic E-state index is 5.69. The summed E-state index contributed by atoms with van der Waals surface area (Å²) in [5, 5.41) is 7.95. The van der Waals surface area contributed by atoms with Gasteiger partial charge in [0, 0.05) is 49.4 Å². The van der Waals surface area contributed by atoms with Gasteiger partial charge in [-0.25, -0.2) is 0 Å². The number of benzene rings is 2. The molecule has 3 aromatic rings. The van der Waals surface area contributed by atoms with Crippen molar-refractivity contribution in [3.05, 3.63) is 60.3 Å². The molecule has 0 spiro atoms. The fourth-order valence-corrected chi connectivity index (χ4v) is 3.99. The Balaban J connectivity index is 1.63. The van der Waals surface area contributed by atoms with Gasteiger partial charge in [0.1, 0.15) is 24.2 Å². The molecular formula is C24H29N4O2+. The lowest BCUT2D eigenvalue weighted by Crippen LogP contribution is -2.37. The number of rotatable bonds is 5. The second kappa shape index (κ2) is 8.71. The van der Waals surface area contributed by atoms with E-state index in [0.29, 0.717) is 0 Å². The number of morpholine rings is 1. The van der Waals surface area contributed by atoms with Crippen LogP contribution in [0.3, 0.4) is 0 Å². The van der Waals surface area contributed by atoms with Gasteiger partial charge in [0.25, 0.3) is 0 Å². The summed E-state index contributed by atoms with van der Waals surface area (Å²) < 4.78 is 13.3. The van der Waals surface area contributed by atoms with Gasteiger partial charge in [-0.15, -0.1) is 0 Å². The Hall–Kier alpha value is -3.12. The van der Waals surface area contributed by atoms with Crippen LogP contribution in [0.25, 0.3) is 10.9 Å². The number of ether oxygens (including phenoxy) is 2. The van der Waals surface area contributed by atoms with Crippen molar-refractivity contribution in [2.75, 3.05) is 50.4 Å². The molecule has 0 radical (unpaired) electrons. The first-order valence-electron chi connectivity index (χ1n) is 10.3. The molecule has 0 N–H and O–H groups in total. The lowest BCUT2D eigenvalue weighted by atomic mass is 10.1. The minimum Gasteiger partial charge on any atom is -0.494 e. The third-order valence-corrected chi connectivity index (χ3v) is 5.64. The van der Waals surface area contributed by atoms with Crippen molar-refractivity contribution in [3.8, 4) is 5.75 Å². The molecule has 0 unspecified atom stereocenters. The maximum atomic E-state index is 5.69. The summed E-state index contributed by atoms with van der Waals surface area (Å²) in [6, 6.07) is 18.9. The van der Waals surface area contributed by atoms with E-state index in [9.17, 15) is 0 Å². The normalized spacial score (nSPS) is 14.8. The highest BCUT2D eigenvalue weighted by molar-refractivity contribution is 5.97.